The summed E-state index contributed by atoms with van der Waals surface area (Å²) >= 11 is 0. The summed E-state index contributed by atoms with van der Waals surface area (Å²) in [7, 11) is 1.33. The Balaban J connectivity index is 1.49. The second-order valence-electron chi connectivity index (χ2n) is 9.47. The summed E-state index contributed by atoms with van der Waals surface area (Å²) < 4.78 is 32.9. The number of urea groups is 1. The van der Waals surface area contributed by atoms with Crippen LogP contribution < -0.4 is 5.32 Å². The van der Waals surface area contributed by atoms with E-state index in [1.165, 1.54) is 13.2 Å². The van der Waals surface area contributed by atoms with Crippen LogP contribution in [0.15, 0.2) is 53.9 Å². The minimum Gasteiger partial charge on any atom is -0.478 e. The molecule has 0 radical (unpaired) electrons. The molecule has 39 heavy (non-hydrogen) atoms. The molecule has 2 N–H and O–H groups in total. The molecule has 208 valence electrons. The number of hydrazine groups is 1. The number of halogens is 2. The fourth-order valence-electron chi connectivity index (χ4n) is 5.16. The molecule has 2 aliphatic heterocycles. The van der Waals surface area contributed by atoms with Crippen molar-refractivity contribution in [1.29, 1.82) is 0 Å². The summed E-state index contributed by atoms with van der Waals surface area (Å²) in [4.78, 5) is 44.4. The minimum absolute atomic E-state index is 0.00167. The van der Waals surface area contributed by atoms with Gasteiger partial charge in [0.15, 0.2) is 11.6 Å². The van der Waals surface area contributed by atoms with Gasteiger partial charge in [-0.3, -0.25) is 14.8 Å². The van der Waals surface area contributed by atoms with Crippen LogP contribution >= 0.6 is 0 Å². The number of ether oxygens (including phenoxy) is 1. The van der Waals surface area contributed by atoms with Crippen molar-refractivity contribution in [3.63, 3.8) is 0 Å². The van der Waals surface area contributed by atoms with Crippen molar-refractivity contribution in [2.45, 2.75) is 31.2 Å². The van der Waals surface area contributed by atoms with E-state index in [0.717, 1.165) is 53.8 Å². The lowest BCUT2D eigenvalue weighted by Crippen LogP contribution is -2.57. The van der Waals surface area contributed by atoms with E-state index in [1.807, 2.05) is 18.2 Å². The number of carboxylic acids is 1. The van der Waals surface area contributed by atoms with Gasteiger partial charge in [0.25, 0.3) is 0 Å². The number of piperidine rings is 1. The van der Waals surface area contributed by atoms with Crippen LogP contribution in [0.3, 0.4) is 0 Å². The molecular formula is C27H31F2N5O5. The summed E-state index contributed by atoms with van der Waals surface area (Å²) in [6.07, 6.45) is 4.63. The lowest BCUT2D eigenvalue weighted by atomic mass is 9.93. The normalized spacial score (nSPS) is 18.7. The number of carbonyl (C=O) groups excluding carboxylic acids is 2. The summed E-state index contributed by atoms with van der Waals surface area (Å²) in [6.45, 7) is 2.23. The Labute approximate surface area is 224 Å². The van der Waals surface area contributed by atoms with E-state index >= 15 is 0 Å². The van der Waals surface area contributed by atoms with Gasteiger partial charge in [-0.15, -0.1) is 0 Å². The van der Waals surface area contributed by atoms with E-state index in [2.05, 4.69) is 15.2 Å². The number of hydrogen-bond donors (Lipinski definition) is 2. The largest absolute Gasteiger partial charge is 0.478 e. The summed E-state index contributed by atoms with van der Waals surface area (Å²) in [5.41, 5.74) is 0.727. The van der Waals surface area contributed by atoms with Crippen molar-refractivity contribution in [2.75, 3.05) is 39.9 Å². The van der Waals surface area contributed by atoms with Gasteiger partial charge in [0.1, 0.15) is 6.04 Å². The number of carbonyl (C=O) groups is 3. The number of hydrogen-bond acceptors (Lipinski definition) is 6. The summed E-state index contributed by atoms with van der Waals surface area (Å²) in [5.74, 6) is -3.33. The van der Waals surface area contributed by atoms with Gasteiger partial charge < -0.3 is 20.1 Å². The van der Waals surface area contributed by atoms with Crippen molar-refractivity contribution in [3.8, 4) is 0 Å². The highest BCUT2D eigenvalue weighted by Crippen LogP contribution is 2.35. The number of nitrogens with zero attached hydrogens (tertiary/aromatic N) is 4. The molecule has 2 aromatic rings. The average Bonchev–Trinajstić information content (AvgIpc) is 2.93. The number of aromatic nitrogens is 1. The number of rotatable bonds is 11. The van der Waals surface area contributed by atoms with Gasteiger partial charge in [-0.05, 0) is 68.7 Å². The van der Waals surface area contributed by atoms with Crippen LogP contribution in [0, 0.1) is 11.6 Å². The Hall–Kier alpha value is -3.90. The molecule has 1 aromatic carbocycles. The van der Waals surface area contributed by atoms with Crippen molar-refractivity contribution in [2.24, 2.45) is 0 Å². The highest BCUT2D eigenvalue weighted by Gasteiger charge is 2.42. The number of likely N-dealkylation sites (tertiary alicyclic amines) is 1. The minimum atomic E-state index is -1.40. The smallest absolute Gasteiger partial charge is 0.341 e. The Kier molecular flexibility index (Phi) is 9.20. The zero-order valence-corrected chi connectivity index (χ0v) is 21.6. The van der Waals surface area contributed by atoms with E-state index < -0.39 is 29.7 Å². The lowest BCUT2D eigenvalue weighted by molar-refractivity contribution is -0.139. The zero-order chi connectivity index (χ0) is 27.9. The maximum absolute atomic E-state index is 14.2. The van der Waals surface area contributed by atoms with E-state index in [9.17, 15) is 28.3 Å². The van der Waals surface area contributed by atoms with E-state index in [0.29, 0.717) is 25.3 Å². The van der Waals surface area contributed by atoms with E-state index in [1.54, 1.807) is 6.20 Å². The Morgan fingerprint density at radius 1 is 1.23 bits per heavy atom. The van der Waals surface area contributed by atoms with Gasteiger partial charge >= 0.3 is 12.0 Å². The predicted octanol–water partition coefficient (Wildman–Crippen LogP) is 3.05. The molecule has 1 atom stereocenters. The standard InChI is InChI=1S/C27H31F2N5O5/c1-39-16-23-24(26(36)37)25(19-6-7-20(28)21(29)15-19)34(27(38)31-23)33(17-35)12-4-11-32-13-8-18(9-14-32)22-5-2-3-10-30-22/h2-3,5-7,10,15,17-18,25H,4,8-9,11-14,16H2,1H3,(H,31,38)(H,36,37). The Morgan fingerprint density at radius 2 is 2.00 bits per heavy atom. The molecule has 3 heterocycles. The number of aliphatic carboxylic acids is 1. The van der Waals surface area contributed by atoms with Crippen LogP contribution in [0.25, 0.3) is 0 Å². The first-order valence-electron chi connectivity index (χ1n) is 12.7. The molecule has 10 nitrogen and oxygen atoms in total. The Bertz CT molecular complexity index is 1220. The zero-order valence-electron chi connectivity index (χ0n) is 21.6. The summed E-state index contributed by atoms with van der Waals surface area (Å²) in [5, 5.41) is 14.5. The lowest BCUT2D eigenvalue weighted by Gasteiger charge is -2.42. The number of pyridine rings is 1. The number of carboxylic acid groups (broad SMARTS) is 1. The maximum Gasteiger partial charge on any atom is 0.341 e. The topological polar surface area (TPSA) is 115 Å². The number of benzene rings is 1. The van der Waals surface area contributed by atoms with Gasteiger partial charge in [0, 0.05) is 31.5 Å². The van der Waals surface area contributed by atoms with Crippen molar-refractivity contribution in [1.82, 2.24) is 25.2 Å². The molecule has 3 amide bonds. The molecule has 1 unspecified atom stereocenters. The molecule has 0 bridgehead atoms. The van der Waals surface area contributed by atoms with Crippen LogP contribution in [0.2, 0.25) is 0 Å². The monoisotopic (exact) mass is 543 g/mol. The van der Waals surface area contributed by atoms with Gasteiger partial charge in [0.05, 0.1) is 17.9 Å². The van der Waals surface area contributed by atoms with Crippen molar-refractivity contribution >= 4 is 18.4 Å². The first kappa shape index (κ1) is 28.1. The SMILES string of the molecule is COCC1=C(C(=O)O)C(c2ccc(F)c(F)c2)N(N(C=O)CCCN2CCC(c3ccccn3)CC2)C(=O)N1. The van der Waals surface area contributed by atoms with Crippen LogP contribution in [0.4, 0.5) is 13.6 Å². The predicted molar refractivity (Wildman–Crippen MR) is 136 cm³/mol. The molecule has 0 aliphatic carbocycles. The number of amides is 3. The molecule has 1 aromatic heterocycles. The van der Waals surface area contributed by atoms with Crippen LogP contribution in [0.1, 0.15) is 42.5 Å². The molecule has 2 aliphatic rings. The first-order valence-corrected chi connectivity index (χ1v) is 12.7. The third-order valence-corrected chi connectivity index (χ3v) is 7.04. The molecule has 1 saturated heterocycles. The van der Waals surface area contributed by atoms with Crippen molar-refractivity contribution < 1.29 is 33.0 Å². The number of methoxy groups -OCH3 is 1. The molecule has 4 rings (SSSR count). The first-order chi connectivity index (χ1) is 18.8. The van der Waals surface area contributed by atoms with Crippen molar-refractivity contribution in [3.05, 3.63) is 76.8 Å². The Morgan fingerprint density at radius 3 is 2.62 bits per heavy atom. The highest BCUT2D eigenvalue weighted by atomic mass is 19.2. The van der Waals surface area contributed by atoms with E-state index in [-0.39, 0.29) is 30.0 Å². The van der Waals surface area contributed by atoms with Gasteiger partial charge in [-0.2, -0.15) is 0 Å². The van der Waals surface area contributed by atoms with Crippen LogP contribution in [-0.4, -0.2) is 83.3 Å². The quantitative estimate of drug-likeness (QED) is 0.419. The second-order valence-corrected chi connectivity index (χ2v) is 9.47. The van der Waals surface area contributed by atoms with Gasteiger partial charge in [-0.25, -0.2) is 23.4 Å². The molecule has 12 heteroatoms. The summed E-state index contributed by atoms with van der Waals surface area (Å²) in [6, 6.07) is 6.60. The maximum atomic E-state index is 14.2. The van der Waals surface area contributed by atoms with Gasteiger partial charge in [-0.1, -0.05) is 12.1 Å². The number of nitrogens with one attached hydrogen (secondary N) is 1. The fraction of sp³-hybridized carbons (Fsp3) is 0.407. The average molecular weight is 544 g/mol. The third-order valence-electron chi connectivity index (χ3n) is 7.04. The second kappa shape index (κ2) is 12.8. The molecule has 0 saturated carbocycles. The van der Waals surface area contributed by atoms with Gasteiger partial charge in [0.2, 0.25) is 6.41 Å². The van der Waals surface area contributed by atoms with E-state index in [4.69, 9.17) is 4.74 Å². The fourth-order valence-corrected chi connectivity index (χ4v) is 5.16. The molecular weight excluding hydrogens is 512 g/mol. The molecule has 0 spiro atoms. The van der Waals surface area contributed by atoms with Crippen LogP contribution in [0.5, 0.6) is 0 Å². The molecule has 1 fully saturated rings. The highest BCUT2D eigenvalue weighted by molar-refractivity contribution is 5.94. The third kappa shape index (κ3) is 6.40. The van der Waals surface area contributed by atoms with Crippen LogP contribution in [-0.2, 0) is 14.3 Å².